The maximum Gasteiger partial charge on any atom is 0.317 e. The predicted octanol–water partition coefficient (Wildman–Crippen LogP) is 1.42. The third kappa shape index (κ3) is 5.57. The van der Waals surface area contributed by atoms with Gasteiger partial charge >= 0.3 is 6.03 Å². The number of urea groups is 1. The molecular formula is C17H22N6O3. The highest BCUT2D eigenvalue weighted by Gasteiger charge is 2.09. The van der Waals surface area contributed by atoms with Gasteiger partial charge in [-0.15, -0.1) is 0 Å². The molecule has 2 amide bonds. The zero-order chi connectivity index (χ0) is 18.2. The Morgan fingerprint density at radius 2 is 1.92 bits per heavy atom. The van der Waals surface area contributed by atoms with Crippen molar-refractivity contribution in [2.75, 3.05) is 50.1 Å². The second-order valence-corrected chi connectivity index (χ2v) is 5.73. The van der Waals surface area contributed by atoms with E-state index in [2.05, 4.69) is 25.5 Å². The smallest absolute Gasteiger partial charge is 0.317 e. The summed E-state index contributed by atoms with van der Waals surface area (Å²) < 4.78 is 11.1. The predicted molar refractivity (Wildman–Crippen MR) is 97.7 cm³/mol. The number of primary amides is 1. The number of rotatable bonds is 7. The maximum atomic E-state index is 10.9. The van der Waals surface area contributed by atoms with Gasteiger partial charge in [0, 0.05) is 31.4 Å². The highest BCUT2D eigenvalue weighted by atomic mass is 16.5. The van der Waals surface area contributed by atoms with Crippen molar-refractivity contribution in [3.05, 3.63) is 36.7 Å². The van der Waals surface area contributed by atoms with Gasteiger partial charge in [-0.3, -0.25) is 10.2 Å². The van der Waals surface area contributed by atoms with Crippen molar-refractivity contribution in [3.8, 4) is 5.75 Å². The first-order valence-corrected chi connectivity index (χ1v) is 8.37. The molecule has 1 aromatic carbocycles. The Labute approximate surface area is 151 Å². The molecule has 1 aromatic heterocycles. The number of carbonyl (C=O) groups is 1. The van der Waals surface area contributed by atoms with E-state index in [4.69, 9.17) is 15.2 Å². The number of nitrogens with two attached hydrogens (primary N) is 1. The number of carbonyl (C=O) groups excluding carboxylic acids is 1. The topological polar surface area (TPSA) is 115 Å². The lowest BCUT2D eigenvalue weighted by Gasteiger charge is -2.26. The lowest BCUT2D eigenvalue weighted by Crippen LogP contribution is -2.38. The van der Waals surface area contributed by atoms with Crippen LogP contribution < -0.4 is 21.1 Å². The fourth-order valence-electron chi connectivity index (χ4n) is 2.52. The largest absolute Gasteiger partial charge is 0.492 e. The van der Waals surface area contributed by atoms with Crippen LogP contribution in [0, 0.1) is 0 Å². The Morgan fingerprint density at radius 3 is 2.65 bits per heavy atom. The van der Waals surface area contributed by atoms with Gasteiger partial charge in [-0.1, -0.05) is 0 Å². The molecule has 2 aromatic rings. The van der Waals surface area contributed by atoms with Crippen molar-refractivity contribution >= 4 is 23.4 Å². The minimum absolute atomic E-state index is 0.332. The van der Waals surface area contributed by atoms with E-state index in [-0.39, 0.29) is 0 Å². The summed E-state index contributed by atoms with van der Waals surface area (Å²) in [5.74, 6) is 1.69. The Bertz CT molecular complexity index is 719. The minimum Gasteiger partial charge on any atom is -0.492 e. The third-order valence-corrected chi connectivity index (χ3v) is 3.83. The van der Waals surface area contributed by atoms with Gasteiger partial charge in [-0.05, 0) is 24.3 Å². The number of nitrogens with one attached hydrogen (secondary N) is 2. The number of amides is 2. The van der Waals surface area contributed by atoms with E-state index in [9.17, 15) is 4.79 Å². The van der Waals surface area contributed by atoms with E-state index in [0.717, 1.165) is 44.3 Å². The van der Waals surface area contributed by atoms with Gasteiger partial charge in [0.25, 0.3) is 0 Å². The fraction of sp³-hybridized carbons (Fsp3) is 0.353. The molecule has 0 atom stereocenters. The molecule has 9 heteroatoms. The van der Waals surface area contributed by atoms with Crippen LogP contribution >= 0.6 is 0 Å². The molecule has 26 heavy (non-hydrogen) atoms. The van der Waals surface area contributed by atoms with Crippen LogP contribution in [-0.4, -0.2) is 60.4 Å². The number of nitrogens with zero attached hydrogens (tertiary/aromatic N) is 3. The SMILES string of the molecule is NC(=O)Nc1cc(Nc2ccc(OCCN3CCOCC3)cc2)ncn1. The summed E-state index contributed by atoms with van der Waals surface area (Å²) in [5.41, 5.74) is 5.92. The normalized spacial score (nSPS) is 14.6. The second-order valence-electron chi connectivity index (χ2n) is 5.73. The summed E-state index contributed by atoms with van der Waals surface area (Å²) in [6, 6.07) is 8.50. The van der Waals surface area contributed by atoms with Crippen LogP contribution in [0.25, 0.3) is 0 Å². The van der Waals surface area contributed by atoms with Crippen molar-refractivity contribution in [1.82, 2.24) is 14.9 Å². The van der Waals surface area contributed by atoms with Gasteiger partial charge in [0.2, 0.25) is 0 Å². The van der Waals surface area contributed by atoms with Crippen molar-refractivity contribution in [2.24, 2.45) is 5.73 Å². The van der Waals surface area contributed by atoms with Crippen LogP contribution in [0.1, 0.15) is 0 Å². The highest BCUT2D eigenvalue weighted by molar-refractivity contribution is 5.87. The monoisotopic (exact) mass is 358 g/mol. The lowest BCUT2D eigenvalue weighted by molar-refractivity contribution is 0.0322. The number of ether oxygens (including phenoxy) is 2. The van der Waals surface area contributed by atoms with Crippen LogP contribution in [0.5, 0.6) is 5.75 Å². The van der Waals surface area contributed by atoms with Gasteiger partial charge in [0.15, 0.2) is 0 Å². The molecule has 4 N–H and O–H groups in total. The number of anilines is 3. The summed E-state index contributed by atoms with van der Waals surface area (Å²) in [6.45, 7) is 5.02. The van der Waals surface area contributed by atoms with E-state index in [1.54, 1.807) is 6.07 Å². The molecule has 0 radical (unpaired) electrons. The molecule has 0 saturated carbocycles. The van der Waals surface area contributed by atoms with Gasteiger partial charge in [0.1, 0.15) is 30.3 Å². The molecule has 2 heterocycles. The highest BCUT2D eigenvalue weighted by Crippen LogP contribution is 2.20. The number of benzene rings is 1. The van der Waals surface area contributed by atoms with E-state index in [1.165, 1.54) is 6.33 Å². The first kappa shape index (κ1) is 17.9. The van der Waals surface area contributed by atoms with Gasteiger partial charge in [-0.25, -0.2) is 14.8 Å². The number of morpholine rings is 1. The minimum atomic E-state index is -0.673. The molecule has 1 saturated heterocycles. The van der Waals surface area contributed by atoms with Gasteiger partial charge in [-0.2, -0.15) is 0 Å². The quantitative estimate of drug-likeness (QED) is 0.686. The first-order valence-electron chi connectivity index (χ1n) is 8.37. The van der Waals surface area contributed by atoms with Crippen LogP contribution in [0.4, 0.5) is 22.1 Å². The molecule has 3 rings (SSSR count). The molecule has 1 aliphatic rings. The zero-order valence-corrected chi connectivity index (χ0v) is 14.4. The number of hydrogen-bond acceptors (Lipinski definition) is 7. The van der Waals surface area contributed by atoms with E-state index in [0.29, 0.717) is 18.2 Å². The summed E-state index contributed by atoms with van der Waals surface area (Å²) in [6.07, 6.45) is 1.34. The van der Waals surface area contributed by atoms with Gasteiger partial charge < -0.3 is 20.5 Å². The van der Waals surface area contributed by atoms with Crippen molar-refractivity contribution in [1.29, 1.82) is 0 Å². The van der Waals surface area contributed by atoms with Gasteiger partial charge in [0.05, 0.1) is 13.2 Å². The lowest BCUT2D eigenvalue weighted by atomic mass is 10.3. The first-order chi connectivity index (χ1) is 12.7. The number of hydrogen-bond donors (Lipinski definition) is 3. The molecule has 9 nitrogen and oxygen atoms in total. The molecule has 0 spiro atoms. The average molecular weight is 358 g/mol. The molecule has 1 fully saturated rings. The summed E-state index contributed by atoms with van der Waals surface area (Å²) in [7, 11) is 0. The second kappa shape index (κ2) is 8.97. The Hall–Kier alpha value is -2.91. The number of aromatic nitrogens is 2. The third-order valence-electron chi connectivity index (χ3n) is 3.83. The summed E-state index contributed by atoms with van der Waals surface area (Å²) in [4.78, 5) is 21.2. The Kier molecular flexibility index (Phi) is 6.18. The van der Waals surface area contributed by atoms with Crippen LogP contribution in [0.3, 0.4) is 0 Å². The average Bonchev–Trinajstić information content (AvgIpc) is 2.64. The van der Waals surface area contributed by atoms with Crippen LogP contribution in [-0.2, 0) is 4.74 Å². The fourth-order valence-corrected chi connectivity index (χ4v) is 2.52. The Morgan fingerprint density at radius 1 is 1.19 bits per heavy atom. The van der Waals surface area contributed by atoms with E-state index >= 15 is 0 Å². The van der Waals surface area contributed by atoms with E-state index < -0.39 is 6.03 Å². The Balaban J connectivity index is 1.48. The molecular weight excluding hydrogens is 336 g/mol. The van der Waals surface area contributed by atoms with Crippen molar-refractivity contribution in [3.63, 3.8) is 0 Å². The molecule has 0 bridgehead atoms. The molecule has 0 unspecified atom stereocenters. The van der Waals surface area contributed by atoms with Crippen LogP contribution in [0.2, 0.25) is 0 Å². The van der Waals surface area contributed by atoms with Crippen molar-refractivity contribution < 1.29 is 14.3 Å². The summed E-state index contributed by atoms with van der Waals surface area (Å²) >= 11 is 0. The molecule has 1 aliphatic heterocycles. The zero-order valence-electron chi connectivity index (χ0n) is 14.4. The molecule has 0 aliphatic carbocycles. The van der Waals surface area contributed by atoms with Crippen molar-refractivity contribution in [2.45, 2.75) is 0 Å². The standard InChI is InChI=1S/C17H22N6O3/c18-17(24)22-16-11-15(19-12-20-16)21-13-1-3-14(4-2-13)26-10-7-23-5-8-25-9-6-23/h1-4,11-12H,5-10H2,(H4,18,19,20,21,22,24). The van der Waals surface area contributed by atoms with Crippen LogP contribution in [0.15, 0.2) is 36.7 Å². The molecule has 138 valence electrons. The maximum absolute atomic E-state index is 10.9. The summed E-state index contributed by atoms with van der Waals surface area (Å²) in [5, 5.41) is 5.54. The van der Waals surface area contributed by atoms with E-state index in [1.807, 2.05) is 24.3 Å².